The van der Waals surface area contributed by atoms with Gasteiger partial charge in [0.15, 0.2) is 0 Å². The van der Waals surface area contributed by atoms with Crippen LogP contribution in [0.2, 0.25) is 0 Å². The first-order valence-electron chi connectivity index (χ1n) is 10.0. The van der Waals surface area contributed by atoms with Gasteiger partial charge in [-0.25, -0.2) is 9.59 Å². The lowest BCUT2D eigenvalue weighted by molar-refractivity contribution is 0.0471. The molecule has 0 fully saturated rings. The maximum atomic E-state index is 12.1. The van der Waals surface area contributed by atoms with Crippen molar-refractivity contribution in [2.24, 2.45) is 5.92 Å². The summed E-state index contributed by atoms with van der Waals surface area (Å²) in [6.45, 7) is 5.81. The lowest BCUT2D eigenvalue weighted by Crippen LogP contribution is -2.11. The summed E-state index contributed by atoms with van der Waals surface area (Å²) < 4.78 is 15.6. The van der Waals surface area contributed by atoms with Crippen molar-refractivity contribution in [2.45, 2.75) is 58.8 Å². The van der Waals surface area contributed by atoms with Crippen LogP contribution >= 0.6 is 0 Å². The van der Waals surface area contributed by atoms with E-state index < -0.39 is 0 Å². The van der Waals surface area contributed by atoms with Crippen LogP contribution in [0.5, 0.6) is 0 Å². The molecule has 152 valence electrons. The molecule has 0 N–H and O–H groups in total. The van der Waals surface area contributed by atoms with Crippen LogP contribution in [0, 0.1) is 5.92 Å². The fourth-order valence-corrected chi connectivity index (χ4v) is 2.60. The number of esters is 2. The Labute approximate surface area is 163 Å². The van der Waals surface area contributed by atoms with Crippen LogP contribution < -0.4 is 0 Å². The van der Waals surface area contributed by atoms with E-state index in [0.717, 1.165) is 25.7 Å². The lowest BCUT2D eigenvalue weighted by Gasteiger charge is -2.11. The zero-order valence-corrected chi connectivity index (χ0v) is 17.0. The van der Waals surface area contributed by atoms with Gasteiger partial charge in [-0.05, 0) is 49.4 Å². The summed E-state index contributed by atoms with van der Waals surface area (Å²) in [5.74, 6) is -0.279. The third-order valence-corrected chi connectivity index (χ3v) is 4.50. The lowest BCUT2D eigenvalue weighted by atomic mass is 10.1. The molecule has 5 nitrogen and oxygen atoms in total. The highest BCUT2D eigenvalue weighted by Crippen LogP contribution is 2.11. The molecule has 0 radical (unpaired) electrons. The minimum atomic E-state index is -0.371. The monoisotopic (exact) mass is 378 g/mol. The molecule has 1 aromatic rings. The Balaban J connectivity index is 2.31. The summed E-state index contributed by atoms with van der Waals surface area (Å²) >= 11 is 0. The Kier molecular flexibility index (Phi) is 12.2. The second-order valence-electron chi connectivity index (χ2n) is 6.94. The Bertz CT molecular complexity index is 538. The first kappa shape index (κ1) is 23.2. The highest BCUT2D eigenvalue weighted by atomic mass is 16.5. The zero-order valence-electron chi connectivity index (χ0n) is 17.0. The molecule has 27 heavy (non-hydrogen) atoms. The molecule has 1 atom stereocenters. The van der Waals surface area contributed by atoms with E-state index in [2.05, 4.69) is 13.8 Å². The van der Waals surface area contributed by atoms with Gasteiger partial charge in [0, 0.05) is 13.7 Å². The molecule has 0 spiro atoms. The molecule has 1 rings (SSSR count). The Morgan fingerprint density at radius 2 is 1.33 bits per heavy atom. The fraction of sp³-hybridized carbons (Fsp3) is 0.636. The smallest absolute Gasteiger partial charge is 0.338 e. The number of carbonyl (C=O) groups is 2. The first-order valence-corrected chi connectivity index (χ1v) is 10.0. The molecule has 0 aliphatic heterocycles. The highest BCUT2D eigenvalue weighted by Gasteiger charge is 2.11. The molecule has 0 aromatic heterocycles. The summed E-state index contributed by atoms with van der Waals surface area (Å²) in [4.78, 5) is 24.1. The fourth-order valence-electron chi connectivity index (χ4n) is 2.60. The van der Waals surface area contributed by atoms with Crippen LogP contribution in [0.15, 0.2) is 24.3 Å². The average molecular weight is 379 g/mol. The third-order valence-electron chi connectivity index (χ3n) is 4.50. The summed E-state index contributed by atoms with van der Waals surface area (Å²) in [6, 6.07) is 6.43. The SMILES string of the molecule is CCCCCCCOC(=O)c1ccc(C(=O)OCCC(C)CCOC)cc1. The number of hydrogen-bond acceptors (Lipinski definition) is 5. The van der Waals surface area contributed by atoms with Gasteiger partial charge in [0.05, 0.1) is 24.3 Å². The van der Waals surface area contributed by atoms with Gasteiger partial charge in [0.1, 0.15) is 0 Å². The number of unbranched alkanes of at least 4 members (excludes halogenated alkanes) is 4. The van der Waals surface area contributed by atoms with Crippen LogP contribution in [-0.4, -0.2) is 38.9 Å². The van der Waals surface area contributed by atoms with Crippen LogP contribution in [0.1, 0.15) is 79.5 Å². The number of ether oxygens (including phenoxy) is 3. The minimum Gasteiger partial charge on any atom is -0.462 e. The van der Waals surface area contributed by atoms with E-state index in [1.54, 1.807) is 31.4 Å². The minimum absolute atomic E-state index is 0.350. The van der Waals surface area contributed by atoms with E-state index in [9.17, 15) is 9.59 Å². The summed E-state index contributed by atoms with van der Waals surface area (Å²) in [7, 11) is 1.68. The molecule has 0 aliphatic rings. The van der Waals surface area contributed by atoms with Crippen molar-refractivity contribution in [3.63, 3.8) is 0 Å². The van der Waals surface area contributed by atoms with Gasteiger partial charge in [-0.15, -0.1) is 0 Å². The van der Waals surface area contributed by atoms with Gasteiger partial charge in [-0.1, -0.05) is 39.5 Å². The predicted octanol–water partition coefficient (Wildman–Crippen LogP) is 5.03. The number of hydrogen-bond donors (Lipinski definition) is 0. The standard InChI is InChI=1S/C22H34O5/c1-4-5-6-7-8-15-26-21(23)19-9-11-20(12-10-19)22(24)27-17-14-18(2)13-16-25-3/h9-12,18H,4-8,13-17H2,1-3H3. The van der Waals surface area contributed by atoms with Crippen molar-refractivity contribution in [2.75, 3.05) is 26.9 Å². The third kappa shape index (κ3) is 10.1. The molecule has 1 aromatic carbocycles. The Morgan fingerprint density at radius 1 is 0.815 bits per heavy atom. The molecule has 0 saturated heterocycles. The normalized spacial score (nSPS) is 11.8. The van der Waals surface area contributed by atoms with Gasteiger partial charge >= 0.3 is 11.9 Å². The molecule has 1 unspecified atom stereocenters. The van der Waals surface area contributed by atoms with Crippen LogP contribution in [-0.2, 0) is 14.2 Å². The molecule has 0 amide bonds. The predicted molar refractivity (Wildman–Crippen MR) is 106 cm³/mol. The summed E-state index contributed by atoms with van der Waals surface area (Å²) in [5, 5.41) is 0. The van der Waals surface area contributed by atoms with E-state index in [0.29, 0.717) is 36.9 Å². The Morgan fingerprint density at radius 3 is 1.89 bits per heavy atom. The van der Waals surface area contributed by atoms with Crippen molar-refractivity contribution >= 4 is 11.9 Å². The molecule has 0 heterocycles. The number of carbonyl (C=O) groups excluding carboxylic acids is 2. The molecule has 0 bridgehead atoms. The van der Waals surface area contributed by atoms with E-state index in [1.165, 1.54) is 19.3 Å². The quantitative estimate of drug-likeness (QED) is 0.335. The van der Waals surface area contributed by atoms with E-state index in [4.69, 9.17) is 14.2 Å². The maximum Gasteiger partial charge on any atom is 0.338 e. The van der Waals surface area contributed by atoms with Gasteiger partial charge < -0.3 is 14.2 Å². The van der Waals surface area contributed by atoms with E-state index >= 15 is 0 Å². The average Bonchev–Trinajstić information content (AvgIpc) is 2.68. The van der Waals surface area contributed by atoms with Crippen molar-refractivity contribution < 1.29 is 23.8 Å². The van der Waals surface area contributed by atoms with Crippen molar-refractivity contribution in [3.05, 3.63) is 35.4 Å². The van der Waals surface area contributed by atoms with Crippen LogP contribution in [0.3, 0.4) is 0 Å². The van der Waals surface area contributed by atoms with Crippen LogP contribution in [0.25, 0.3) is 0 Å². The van der Waals surface area contributed by atoms with Gasteiger partial charge in [-0.3, -0.25) is 0 Å². The van der Waals surface area contributed by atoms with Crippen LogP contribution in [0.4, 0.5) is 0 Å². The molecular formula is C22H34O5. The number of methoxy groups -OCH3 is 1. The first-order chi connectivity index (χ1) is 13.1. The van der Waals surface area contributed by atoms with Gasteiger partial charge in [-0.2, -0.15) is 0 Å². The molecule has 0 saturated carbocycles. The zero-order chi connectivity index (χ0) is 19.9. The maximum absolute atomic E-state index is 12.1. The van der Waals surface area contributed by atoms with Crippen molar-refractivity contribution in [1.82, 2.24) is 0 Å². The van der Waals surface area contributed by atoms with Gasteiger partial charge in [0.25, 0.3) is 0 Å². The van der Waals surface area contributed by atoms with Crippen molar-refractivity contribution in [1.29, 1.82) is 0 Å². The van der Waals surface area contributed by atoms with Crippen molar-refractivity contribution in [3.8, 4) is 0 Å². The Hall–Kier alpha value is -1.88. The number of rotatable bonds is 14. The van der Waals surface area contributed by atoms with E-state index in [1.807, 2.05) is 0 Å². The second-order valence-corrected chi connectivity index (χ2v) is 6.94. The largest absolute Gasteiger partial charge is 0.462 e. The molecule has 5 heteroatoms. The summed E-state index contributed by atoms with van der Waals surface area (Å²) in [6.07, 6.45) is 7.31. The van der Waals surface area contributed by atoms with Gasteiger partial charge in [0.2, 0.25) is 0 Å². The molecular weight excluding hydrogens is 344 g/mol. The molecule has 0 aliphatic carbocycles. The topological polar surface area (TPSA) is 61.8 Å². The highest BCUT2D eigenvalue weighted by molar-refractivity contribution is 5.93. The number of benzene rings is 1. The van der Waals surface area contributed by atoms with E-state index in [-0.39, 0.29) is 11.9 Å². The summed E-state index contributed by atoms with van der Waals surface area (Å²) in [5.41, 5.74) is 0.893. The second kappa shape index (κ2) is 14.2.